The molecule has 2 aromatic carbocycles. The van der Waals surface area contributed by atoms with Gasteiger partial charge in [0.15, 0.2) is 0 Å². The van der Waals surface area contributed by atoms with Crippen molar-refractivity contribution < 1.29 is 23.8 Å². The second-order valence-electron chi connectivity index (χ2n) is 7.49. The average molecular weight is 424 g/mol. The first kappa shape index (κ1) is 22.4. The van der Waals surface area contributed by atoms with Gasteiger partial charge in [-0.15, -0.1) is 0 Å². The van der Waals surface area contributed by atoms with E-state index in [1.165, 1.54) is 12.0 Å². The molecule has 1 heterocycles. The number of ether oxygens (including phenoxy) is 3. The van der Waals surface area contributed by atoms with Crippen LogP contribution in [0, 0.1) is 6.92 Å². The Labute approximate surface area is 182 Å². The molecule has 0 radical (unpaired) electrons. The molecule has 1 N–H and O–H groups in total. The van der Waals surface area contributed by atoms with Gasteiger partial charge in [-0.05, 0) is 38.5 Å². The van der Waals surface area contributed by atoms with E-state index in [1.807, 2.05) is 45.0 Å². The van der Waals surface area contributed by atoms with E-state index in [1.54, 1.807) is 25.3 Å². The van der Waals surface area contributed by atoms with Gasteiger partial charge in [-0.1, -0.05) is 29.8 Å². The maximum Gasteiger partial charge on any atom is 0.278 e. The van der Waals surface area contributed by atoms with Crippen molar-refractivity contribution in [1.82, 2.24) is 4.90 Å². The maximum absolute atomic E-state index is 13.2. The zero-order chi connectivity index (χ0) is 22.5. The Morgan fingerprint density at radius 2 is 1.68 bits per heavy atom. The number of hydrogen-bond acceptors (Lipinski definition) is 6. The Hall–Kier alpha value is -3.32. The topological polar surface area (TPSA) is 77.1 Å². The first-order chi connectivity index (χ1) is 14.8. The standard InChI is InChI=1S/C24H28N2O5/c1-15(2)31-13-12-26-23(27)21(17-8-6-16(3)7-9-17)22(24(26)28)25-19-11-10-18(29-4)14-20(19)30-5/h6-11,14-15,25H,12-13H2,1-5H3. The van der Waals surface area contributed by atoms with E-state index in [9.17, 15) is 9.59 Å². The number of hydrogen-bond donors (Lipinski definition) is 1. The minimum absolute atomic E-state index is 0.0125. The van der Waals surface area contributed by atoms with Gasteiger partial charge in [0, 0.05) is 6.07 Å². The predicted molar refractivity (Wildman–Crippen MR) is 119 cm³/mol. The maximum atomic E-state index is 13.2. The van der Waals surface area contributed by atoms with E-state index in [4.69, 9.17) is 14.2 Å². The normalized spacial score (nSPS) is 13.9. The quantitative estimate of drug-likeness (QED) is 0.620. The third-order valence-electron chi connectivity index (χ3n) is 4.94. The number of imide groups is 1. The van der Waals surface area contributed by atoms with Gasteiger partial charge in [-0.2, -0.15) is 0 Å². The van der Waals surface area contributed by atoms with Crippen LogP contribution in [0.4, 0.5) is 5.69 Å². The van der Waals surface area contributed by atoms with E-state index in [2.05, 4.69) is 5.32 Å². The number of benzene rings is 2. The molecule has 0 saturated carbocycles. The Balaban J connectivity index is 2.00. The van der Waals surface area contributed by atoms with Crippen molar-refractivity contribution >= 4 is 23.1 Å². The highest BCUT2D eigenvalue weighted by Crippen LogP contribution is 2.35. The summed E-state index contributed by atoms with van der Waals surface area (Å²) in [6.07, 6.45) is 0.0125. The molecule has 0 fully saturated rings. The zero-order valence-electron chi connectivity index (χ0n) is 18.5. The van der Waals surface area contributed by atoms with Crippen LogP contribution >= 0.6 is 0 Å². The molecule has 3 rings (SSSR count). The monoisotopic (exact) mass is 424 g/mol. The van der Waals surface area contributed by atoms with E-state index >= 15 is 0 Å². The molecule has 2 aromatic rings. The van der Waals surface area contributed by atoms with Crippen molar-refractivity contribution in [1.29, 1.82) is 0 Å². The Kier molecular flexibility index (Phi) is 6.97. The molecule has 0 atom stereocenters. The molecular formula is C24H28N2O5. The minimum Gasteiger partial charge on any atom is -0.497 e. The van der Waals surface area contributed by atoms with Gasteiger partial charge in [-0.25, -0.2) is 0 Å². The highest BCUT2D eigenvalue weighted by Gasteiger charge is 2.39. The summed E-state index contributed by atoms with van der Waals surface area (Å²) in [7, 11) is 3.10. The third-order valence-corrected chi connectivity index (χ3v) is 4.94. The van der Waals surface area contributed by atoms with Gasteiger partial charge >= 0.3 is 0 Å². The molecule has 0 aromatic heterocycles. The fourth-order valence-corrected chi connectivity index (χ4v) is 3.30. The molecular weight excluding hydrogens is 396 g/mol. The molecule has 0 aliphatic carbocycles. The second-order valence-corrected chi connectivity index (χ2v) is 7.49. The van der Waals surface area contributed by atoms with Crippen molar-refractivity contribution in [2.75, 3.05) is 32.7 Å². The SMILES string of the molecule is COc1ccc(NC2=C(c3ccc(C)cc3)C(=O)N(CCOC(C)C)C2=O)c(OC)c1. The fraction of sp³-hybridized carbons (Fsp3) is 0.333. The zero-order valence-corrected chi connectivity index (χ0v) is 18.5. The Morgan fingerprint density at radius 1 is 0.968 bits per heavy atom. The number of anilines is 1. The van der Waals surface area contributed by atoms with E-state index < -0.39 is 5.91 Å². The number of carbonyl (C=O) groups excluding carboxylic acids is 2. The highest BCUT2D eigenvalue weighted by molar-refractivity contribution is 6.36. The molecule has 7 heteroatoms. The number of nitrogens with one attached hydrogen (secondary N) is 1. The van der Waals surface area contributed by atoms with E-state index in [0.717, 1.165) is 5.56 Å². The Bertz CT molecular complexity index is 996. The third kappa shape index (κ3) is 4.88. The largest absolute Gasteiger partial charge is 0.497 e. The summed E-state index contributed by atoms with van der Waals surface area (Å²) in [6, 6.07) is 12.7. The highest BCUT2D eigenvalue weighted by atomic mass is 16.5. The van der Waals surface area contributed by atoms with Gasteiger partial charge in [0.1, 0.15) is 17.2 Å². The molecule has 7 nitrogen and oxygen atoms in total. The lowest BCUT2D eigenvalue weighted by molar-refractivity contribution is -0.137. The smallest absolute Gasteiger partial charge is 0.278 e. The lowest BCUT2D eigenvalue weighted by Gasteiger charge is -2.17. The first-order valence-corrected chi connectivity index (χ1v) is 10.1. The van der Waals surface area contributed by atoms with Crippen molar-refractivity contribution in [3.63, 3.8) is 0 Å². The summed E-state index contributed by atoms with van der Waals surface area (Å²) < 4.78 is 16.2. The number of methoxy groups -OCH3 is 2. The number of amides is 2. The van der Waals surface area contributed by atoms with Crippen LogP contribution in [0.1, 0.15) is 25.0 Å². The van der Waals surface area contributed by atoms with Crippen LogP contribution < -0.4 is 14.8 Å². The molecule has 31 heavy (non-hydrogen) atoms. The minimum atomic E-state index is -0.397. The molecule has 0 unspecified atom stereocenters. The second kappa shape index (κ2) is 9.66. The number of carbonyl (C=O) groups is 2. The van der Waals surface area contributed by atoms with Gasteiger partial charge in [0.2, 0.25) is 0 Å². The van der Waals surface area contributed by atoms with E-state index in [-0.39, 0.29) is 30.9 Å². The van der Waals surface area contributed by atoms with Crippen LogP contribution in [-0.2, 0) is 14.3 Å². The summed E-state index contributed by atoms with van der Waals surface area (Å²) in [5, 5.41) is 3.13. The lowest BCUT2D eigenvalue weighted by atomic mass is 10.0. The number of rotatable bonds is 9. The van der Waals surface area contributed by atoms with Crippen LogP contribution in [0.5, 0.6) is 11.5 Å². The van der Waals surface area contributed by atoms with Crippen LogP contribution in [0.25, 0.3) is 5.57 Å². The van der Waals surface area contributed by atoms with Crippen molar-refractivity contribution in [3.8, 4) is 11.5 Å². The predicted octanol–water partition coefficient (Wildman–Crippen LogP) is 3.63. The van der Waals surface area contributed by atoms with E-state index in [0.29, 0.717) is 28.3 Å². The summed E-state index contributed by atoms with van der Waals surface area (Å²) >= 11 is 0. The van der Waals surface area contributed by atoms with Crippen LogP contribution in [0.15, 0.2) is 48.2 Å². The fourth-order valence-electron chi connectivity index (χ4n) is 3.30. The molecule has 0 spiro atoms. The number of aryl methyl sites for hydroxylation is 1. The molecule has 2 amide bonds. The lowest BCUT2D eigenvalue weighted by Crippen LogP contribution is -2.35. The molecule has 0 bridgehead atoms. The van der Waals surface area contributed by atoms with Crippen LogP contribution in [0.3, 0.4) is 0 Å². The van der Waals surface area contributed by atoms with Gasteiger partial charge in [0.05, 0.1) is 44.7 Å². The van der Waals surface area contributed by atoms with Crippen molar-refractivity contribution in [2.45, 2.75) is 26.9 Å². The van der Waals surface area contributed by atoms with Gasteiger partial charge < -0.3 is 19.5 Å². The summed E-state index contributed by atoms with van der Waals surface area (Å²) in [4.78, 5) is 27.7. The van der Waals surface area contributed by atoms with Gasteiger partial charge in [0.25, 0.3) is 11.8 Å². The van der Waals surface area contributed by atoms with Crippen LogP contribution in [-0.4, -0.2) is 50.2 Å². The molecule has 0 saturated heterocycles. The van der Waals surface area contributed by atoms with Crippen molar-refractivity contribution in [2.24, 2.45) is 0 Å². The van der Waals surface area contributed by atoms with Crippen LogP contribution in [0.2, 0.25) is 0 Å². The summed E-state index contributed by atoms with van der Waals surface area (Å²) in [6.45, 7) is 6.24. The summed E-state index contributed by atoms with van der Waals surface area (Å²) in [5.41, 5.74) is 2.83. The average Bonchev–Trinajstić information content (AvgIpc) is 2.98. The first-order valence-electron chi connectivity index (χ1n) is 10.1. The van der Waals surface area contributed by atoms with Gasteiger partial charge in [-0.3, -0.25) is 14.5 Å². The molecule has 164 valence electrons. The molecule has 1 aliphatic heterocycles. The number of nitrogens with zero attached hydrogens (tertiary/aromatic N) is 1. The van der Waals surface area contributed by atoms with Crippen molar-refractivity contribution in [3.05, 3.63) is 59.3 Å². The molecule has 1 aliphatic rings. The Morgan fingerprint density at radius 3 is 2.29 bits per heavy atom. The summed E-state index contributed by atoms with van der Waals surface area (Å²) in [5.74, 6) is 0.371.